The molecule has 3 aliphatic rings. The number of alkyl halides is 3. The highest BCUT2D eigenvalue weighted by molar-refractivity contribution is 6.20. The number of carbonyl (C=O) groups is 2. The van der Waals surface area contributed by atoms with Crippen LogP contribution < -0.4 is 15.5 Å². The van der Waals surface area contributed by atoms with E-state index in [0.717, 1.165) is 12.1 Å². The number of hydrogen-bond acceptors (Lipinski definition) is 6. The number of cyclic esters (lactones) is 1. The smallest absolute Gasteiger partial charge is 0.416 e. The summed E-state index contributed by atoms with van der Waals surface area (Å²) in [4.78, 5) is 29.5. The predicted octanol–water partition coefficient (Wildman–Crippen LogP) is 2.95. The second-order valence-corrected chi connectivity index (χ2v) is 8.02. The molecule has 0 bridgehead atoms. The summed E-state index contributed by atoms with van der Waals surface area (Å²) in [5, 5.41) is 10.2. The number of rotatable bonds is 2. The summed E-state index contributed by atoms with van der Waals surface area (Å²) in [5.41, 5.74) is 3.81. The number of para-hydroxylation sites is 1. The number of ether oxygens (including phenoxy) is 1. The van der Waals surface area contributed by atoms with Crippen molar-refractivity contribution in [2.24, 2.45) is 5.73 Å². The number of hydrogen-bond donors (Lipinski definition) is 1. The number of amides is 1. The van der Waals surface area contributed by atoms with Gasteiger partial charge in [-0.25, -0.2) is 4.79 Å². The van der Waals surface area contributed by atoms with Crippen LogP contribution in [0.1, 0.15) is 11.1 Å². The van der Waals surface area contributed by atoms with Gasteiger partial charge in [-0.1, -0.05) is 30.2 Å². The Labute approximate surface area is 197 Å². The van der Waals surface area contributed by atoms with Gasteiger partial charge in [-0.05, 0) is 24.3 Å². The van der Waals surface area contributed by atoms with Crippen LogP contribution in [0.2, 0.25) is 0 Å². The molecule has 0 fully saturated rings. The van der Waals surface area contributed by atoms with Gasteiger partial charge in [-0.15, -0.1) is 6.42 Å². The number of carbonyl (C=O) groups excluding carboxylic acids is 2. The molecule has 2 aromatic rings. The number of anilines is 2. The third kappa shape index (κ3) is 2.80. The first-order valence-electron chi connectivity index (χ1n) is 10.3. The molecule has 5 rings (SSSR count). The lowest BCUT2D eigenvalue weighted by Crippen LogP contribution is -2.50. The van der Waals surface area contributed by atoms with E-state index in [2.05, 4.69) is 5.92 Å². The molecule has 0 unspecified atom stereocenters. The SMILES string of the molecule is C#CCN1C(=O)[C@]2(C(C#N)=C(N)N(c3cccc(C(F)(F)F)c3)C3=C2C(=O)OC3)c2ccccc21. The van der Waals surface area contributed by atoms with Gasteiger partial charge >= 0.3 is 12.1 Å². The zero-order chi connectivity index (χ0) is 25.1. The maximum absolute atomic E-state index is 13.9. The van der Waals surface area contributed by atoms with Crippen molar-refractivity contribution in [3.05, 3.63) is 82.3 Å². The van der Waals surface area contributed by atoms with Crippen LogP contribution in [-0.2, 0) is 25.9 Å². The van der Waals surface area contributed by atoms with Crippen LogP contribution in [0, 0.1) is 23.7 Å². The van der Waals surface area contributed by atoms with Crippen molar-refractivity contribution in [2.75, 3.05) is 23.0 Å². The van der Waals surface area contributed by atoms with E-state index in [9.17, 15) is 28.0 Å². The van der Waals surface area contributed by atoms with Gasteiger partial charge < -0.3 is 10.5 Å². The molecule has 3 heterocycles. The van der Waals surface area contributed by atoms with Gasteiger partial charge in [0.05, 0.1) is 29.0 Å². The summed E-state index contributed by atoms with van der Waals surface area (Å²) in [6, 6.07) is 12.8. The summed E-state index contributed by atoms with van der Waals surface area (Å²) in [5.74, 6) is 0.583. The Bertz CT molecular complexity index is 1460. The summed E-state index contributed by atoms with van der Waals surface area (Å²) < 4.78 is 45.5. The van der Waals surface area contributed by atoms with Crippen molar-refractivity contribution >= 4 is 23.3 Å². The molecular weight excluding hydrogens is 461 g/mol. The Morgan fingerprint density at radius 3 is 2.60 bits per heavy atom. The van der Waals surface area contributed by atoms with Crippen LogP contribution in [0.25, 0.3) is 0 Å². The normalized spacial score (nSPS) is 21.2. The van der Waals surface area contributed by atoms with Crippen molar-refractivity contribution in [3.63, 3.8) is 0 Å². The predicted molar refractivity (Wildman–Crippen MR) is 118 cm³/mol. The van der Waals surface area contributed by atoms with E-state index < -0.39 is 29.0 Å². The quantitative estimate of drug-likeness (QED) is 0.529. The van der Waals surface area contributed by atoms with Crippen molar-refractivity contribution in [1.29, 1.82) is 5.26 Å². The number of terminal acetylenes is 1. The van der Waals surface area contributed by atoms with Gasteiger partial charge in [0.2, 0.25) is 5.91 Å². The topological polar surface area (TPSA) is 99.7 Å². The molecule has 0 saturated carbocycles. The van der Waals surface area contributed by atoms with E-state index in [0.29, 0.717) is 11.3 Å². The van der Waals surface area contributed by atoms with Gasteiger partial charge in [0.1, 0.15) is 23.9 Å². The van der Waals surface area contributed by atoms with Crippen molar-refractivity contribution in [2.45, 2.75) is 11.6 Å². The van der Waals surface area contributed by atoms with Crippen LogP contribution >= 0.6 is 0 Å². The first kappa shape index (κ1) is 22.1. The zero-order valence-corrected chi connectivity index (χ0v) is 17.9. The van der Waals surface area contributed by atoms with E-state index in [-0.39, 0.29) is 41.5 Å². The van der Waals surface area contributed by atoms with Gasteiger partial charge in [-0.3, -0.25) is 14.6 Å². The minimum Gasteiger partial charge on any atom is -0.456 e. The number of benzene rings is 2. The lowest BCUT2D eigenvalue weighted by atomic mass is 9.67. The molecule has 0 aromatic heterocycles. The number of nitrogens with two attached hydrogens (primary N) is 1. The highest BCUT2D eigenvalue weighted by atomic mass is 19.4. The van der Waals surface area contributed by atoms with E-state index in [4.69, 9.17) is 16.9 Å². The molecule has 0 aliphatic carbocycles. The van der Waals surface area contributed by atoms with Gasteiger partial charge in [0, 0.05) is 16.9 Å². The van der Waals surface area contributed by atoms with Gasteiger partial charge in [0.25, 0.3) is 0 Å². The van der Waals surface area contributed by atoms with Crippen molar-refractivity contribution < 1.29 is 27.5 Å². The summed E-state index contributed by atoms with van der Waals surface area (Å²) in [7, 11) is 0. The molecular formula is C25H15F3N4O3. The molecule has 35 heavy (non-hydrogen) atoms. The van der Waals surface area contributed by atoms with Gasteiger partial charge in [0.15, 0.2) is 0 Å². The third-order valence-electron chi connectivity index (χ3n) is 6.31. The lowest BCUT2D eigenvalue weighted by Gasteiger charge is -2.38. The summed E-state index contributed by atoms with van der Waals surface area (Å²) in [6.07, 6.45) is 0.832. The Kier molecular flexibility index (Phi) is 4.68. The van der Waals surface area contributed by atoms with Gasteiger partial charge in [-0.2, -0.15) is 18.4 Å². The first-order chi connectivity index (χ1) is 16.7. The van der Waals surface area contributed by atoms with E-state index in [1.54, 1.807) is 24.3 Å². The Morgan fingerprint density at radius 1 is 1.17 bits per heavy atom. The number of halogens is 3. The average Bonchev–Trinajstić information content (AvgIpc) is 3.32. The highest BCUT2D eigenvalue weighted by Crippen LogP contribution is 2.56. The van der Waals surface area contributed by atoms with E-state index in [1.807, 2.05) is 6.07 Å². The van der Waals surface area contributed by atoms with Crippen molar-refractivity contribution in [1.82, 2.24) is 0 Å². The Morgan fingerprint density at radius 2 is 1.91 bits per heavy atom. The summed E-state index contributed by atoms with van der Waals surface area (Å²) >= 11 is 0. The molecule has 10 heteroatoms. The number of esters is 1. The third-order valence-corrected chi connectivity index (χ3v) is 6.31. The largest absolute Gasteiger partial charge is 0.456 e. The second kappa shape index (κ2) is 7.40. The Hall–Kier alpha value is -4.70. The lowest BCUT2D eigenvalue weighted by molar-refractivity contribution is -0.138. The van der Waals surface area contributed by atoms with Crippen LogP contribution in [0.3, 0.4) is 0 Å². The van der Waals surface area contributed by atoms with Crippen LogP contribution in [0.5, 0.6) is 0 Å². The second-order valence-electron chi connectivity index (χ2n) is 8.02. The monoisotopic (exact) mass is 476 g/mol. The maximum Gasteiger partial charge on any atom is 0.416 e. The maximum atomic E-state index is 13.9. The van der Waals surface area contributed by atoms with Crippen LogP contribution in [-0.4, -0.2) is 25.0 Å². The number of nitriles is 1. The summed E-state index contributed by atoms with van der Waals surface area (Å²) in [6.45, 7) is -0.485. The molecule has 0 saturated heterocycles. The molecule has 0 radical (unpaired) electrons. The fraction of sp³-hybridized carbons (Fsp3) is 0.160. The molecule has 1 atom stereocenters. The van der Waals surface area contributed by atoms with E-state index >= 15 is 0 Å². The fourth-order valence-corrected chi connectivity index (χ4v) is 4.96. The zero-order valence-electron chi connectivity index (χ0n) is 17.9. The van der Waals surface area contributed by atoms with Crippen LogP contribution in [0.4, 0.5) is 24.5 Å². The first-order valence-corrected chi connectivity index (χ1v) is 10.3. The minimum absolute atomic E-state index is 0.0371. The molecule has 7 nitrogen and oxygen atoms in total. The Balaban J connectivity index is 1.83. The highest BCUT2D eigenvalue weighted by Gasteiger charge is 2.63. The molecule has 3 aliphatic heterocycles. The van der Waals surface area contributed by atoms with Crippen molar-refractivity contribution in [3.8, 4) is 18.4 Å². The standard InChI is InChI=1S/C25H15F3N4O3/c1-2-10-31-18-9-4-3-8-16(18)24(23(31)34)17(12-29)21(30)32(19-13-35-22(33)20(19)24)15-7-5-6-14(11-15)25(26,27)28/h1,3-9,11H,10,13,30H2/t24-/m0/s1. The minimum atomic E-state index is -4.64. The van der Waals surface area contributed by atoms with E-state index in [1.165, 1.54) is 21.9 Å². The molecule has 174 valence electrons. The van der Waals surface area contributed by atoms with Crippen LogP contribution in [0.15, 0.2) is 71.2 Å². The molecule has 1 spiro atoms. The fourth-order valence-electron chi connectivity index (χ4n) is 4.96. The number of nitrogens with zero attached hydrogens (tertiary/aromatic N) is 3. The number of fused-ring (bicyclic) bond motifs is 3. The molecule has 1 amide bonds. The molecule has 2 aromatic carbocycles. The average molecular weight is 476 g/mol. The molecule has 2 N–H and O–H groups in total.